The highest BCUT2D eigenvalue weighted by atomic mass is 16.5. The molecule has 23 heavy (non-hydrogen) atoms. The number of rotatable bonds is 4. The van der Waals surface area contributed by atoms with Crippen LogP contribution in [0.5, 0.6) is 0 Å². The van der Waals surface area contributed by atoms with Crippen LogP contribution in [0.4, 0.5) is 4.79 Å². The fraction of sp³-hybridized carbons (Fsp3) is 0.667. The molecule has 1 aliphatic heterocycles. The number of nitrogens with zero attached hydrogens (tertiary/aromatic N) is 1. The number of pyridine rings is 1. The van der Waals surface area contributed by atoms with Crippen LogP contribution in [-0.2, 0) is 17.7 Å². The molecular formula is C18H27N3O2. The molecule has 2 fully saturated rings. The Kier molecular flexibility index (Phi) is 5.16. The number of amides is 2. The molecule has 1 unspecified atom stereocenters. The summed E-state index contributed by atoms with van der Waals surface area (Å²) in [6.07, 6.45) is 8.41. The van der Waals surface area contributed by atoms with E-state index >= 15 is 0 Å². The number of hydrogen-bond donors (Lipinski definition) is 2. The van der Waals surface area contributed by atoms with Gasteiger partial charge in [-0.2, -0.15) is 0 Å². The summed E-state index contributed by atoms with van der Waals surface area (Å²) in [7, 11) is 0. The molecule has 0 bridgehead atoms. The van der Waals surface area contributed by atoms with Gasteiger partial charge in [0.15, 0.2) is 0 Å². The summed E-state index contributed by atoms with van der Waals surface area (Å²) in [6.45, 7) is 4.25. The maximum absolute atomic E-state index is 12.3. The van der Waals surface area contributed by atoms with E-state index in [0.29, 0.717) is 6.54 Å². The molecule has 0 aromatic carbocycles. The van der Waals surface area contributed by atoms with Crippen molar-refractivity contribution in [1.82, 2.24) is 15.6 Å². The third-order valence-electron chi connectivity index (χ3n) is 5.42. The maximum Gasteiger partial charge on any atom is 0.315 e. The minimum Gasteiger partial charge on any atom is -0.381 e. The van der Waals surface area contributed by atoms with Gasteiger partial charge in [0.1, 0.15) is 0 Å². The van der Waals surface area contributed by atoms with E-state index in [2.05, 4.69) is 28.6 Å². The van der Waals surface area contributed by atoms with Gasteiger partial charge in [0.2, 0.25) is 0 Å². The predicted molar refractivity (Wildman–Crippen MR) is 89.1 cm³/mol. The number of nitrogens with one attached hydrogen (secondary N) is 2. The Labute approximate surface area is 138 Å². The smallest absolute Gasteiger partial charge is 0.315 e. The fourth-order valence-electron chi connectivity index (χ4n) is 3.97. The lowest BCUT2D eigenvalue weighted by Gasteiger charge is -2.39. The van der Waals surface area contributed by atoms with Crippen molar-refractivity contribution in [1.29, 1.82) is 0 Å². The van der Waals surface area contributed by atoms with Crippen molar-refractivity contribution in [3.63, 3.8) is 0 Å². The lowest BCUT2D eigenvalue weighted by atomic mass is 9.75. The molecular weight excluding hydrogens is 290 g/mol. The third kappa shape index (κ3) is 3.83. The zero-order valence-electron chi connectivity index (χ0n) is 13.9. The summed E-state index contributed by atoms with van der Waals surface area (Å²) in [5, 5.41) is 6.16. The highest BCUT2D eigenvalue weighted by Gasteiger charge is 2.44. The first-order valence-electron chi connectivity index (χ1n) is 8.78. The summed E-state index contributed by atoms with van der Waals surface area (Å²) in [6, 6.07) is 4.26. The molecule has 2 aliphatic rings. The van der Waals surface area contributed by atoms with E-state index in [1.54, 1.807) is 0 Å². The second kappa shape index (κ2) is 7.30. The Hall–Kier alpha value is -1.62. The van der Waals surface area contributed by atoms with Gasteiger partial charge in [-0.05, 0) is 55.2 Å². The number of hydrogen-bond acceptors (Lipinski definition) is 3. The van der Waals surface area contributed by atoms with Crippen molar-refractivity contribution < 1.29 is 9.53 Å². The average Bonchev–Trinajstić information content (AvgIpc) is 2.95. The molecule has 1 saturated carbocycles. The summed E-state index contributed by atoms with van der Waals surface area (Å²) in [4.78, 5) is 16.6. The van der Waals surface area contributed by atoms with Crippen molar-refractivity contribution in [3.8, 4) is 0 Å². The van der Waals surface area contributed by atoms with Gasteiger partial charge in [-0.15, -0.1) is 0 Å². The van der Waals surface area contributed by atoms with E-state index in [1.807, 2.05) is 12.3 Å². The zero-order chi connectivity index (χ0) is 16.1. The van der Waals surface area contributed by atoms with E-state index in [-0.39, 0.29) is 17.5 Å². The number of aryl methyl sites for hydroxylation is 1. The molecule has 1 aromatic heterocycles. The Morgan fingerprint density at radius 2 is 2.22 bits per heavy atom. The molecule has 1 saturated heterocycles. The summed E-state index contributed by atoms with van der Waals surface area (Å²) in [5.74, 6) is 0. The largest absolute Gasteiger partial charge is 0.381 e. The van der Waals surface area contributed by atoms with Crippen molar-refractivity contribution in [2.75, 3.05) is 13.2 Å². The maximum atomic E-state index is 12.3. The van der Waals surface area contributed by atoms with Crippen LogP contribution in [-0.4, -0.2) is 30.3 Å². The second-order valence-electron chi connectivity index (χ2n) is 6.76. The number of ether oxygens (including phenoxy) is 1. The molecule has 2 amide bonds. The number of aromatic nitrogens is 1. The molecule has 5 heteroatoms. The van der Waals surface area contributed by atoms with E-state index in [4.69, 9.17) is 4.74 Å². The minimum atomic E-state index is -0.0773. The summed E-state index contributed by atoms with van der Waals surface area (Å²) < 4.78 is 5.50. The molecule has 0 radical (unpaired) electrons. The number of carbonyl (C=O) groups is 1. The van der Waals surface area contributed by atoms with Gasteiger partial charge in [0, 0.05) is 25.5 Å². The van der Waals surface area contributed by atoms with Crippen LogP contribution in [0.1, 0.15) is 50.3 Å². The standard InChI is InChI=1S/C18H27N3O2/c1-2-14-5-9-19-15(12-14)13-20-17(22)21-16-4-3-6-18(16)7-10-23-11-8-18/h5,9,12,16H,2-4,6-8,10-11,13H2,1H3,(H2,20,21,22). The van der Waals surface area contributed by atoms with Crippen molar-refractivity contribution in [3.05, 3.63) is 29.6 Å². The molecule has 1 atom stereocenters. The highest BCUT2D eigenvalue weighted by Crippen LogP contribution is 2.45. The molecule has 126 valence electrons. The first-order chi connectivity index (χ1) is 11.2. The first-order valence-corrected chi connectivity index (χ1v) is 8.78. The Bertz CT molecular complexity index is 541. The molecule has 1 aliphatic carbocycles. The Morgan fingerprint density at radius 3 is 3.00 bits per heavy atom. The monoisotopic (exact) mass is 317 g/mol. The molecule has 1 spiro atoms. The lowest BCUT2D eigenvalue weighted by molar-refractivity contribution is 0.00623. The van der Waals surface area contributed by atoms with Crippen LogP contribution in [0, 0.1) is 5.41 Å². The average molecular weight is 317 g/mol. The van der Waals surface area contributed by atoms with Crippen LogP contribution in [0.25, 0.3) is 0 Å². The quantitative estimate of drug-likeness (QED) is 0.897. The Morgan fingerprint density at radius 1 is 1.39 bits per heavy atom. The molecule has 1 aromatic rings. The van der Waals surface area contributed by atoms with Crippen LogP contribution >= 0.6 is 0 Å². The zero-order valence-corrected chi connectivity index (χ0v) is 13.9. The van der Waals surface area contributed by atoms with Gasteiger partial charge in [-0.1, -0.05) is 13.3 Å². The van der Waals surface area contributed by atoms with Crippen LogP contribution in [0.15, 0.2) is 18.3 Å². The predicted octanol–water partition coefficient (Wildman–Crippen LogP) is 2.79. The van der Waals surface area contributed by atoms with Gasteiger partial charge in [0.05, 0.1) is 12.2 Å². The topological polar surface area (TPSA) is 63.2 Å². The highest BCUT2D eigenvalue weighted by molar-refractivity contribution is 5.74. The van der Waals surface area contributed by atoms with Gasteiger partial charge in [-0.25, -0.2) is 4.79 Å². The molecule has 2 heterocycles. The van der Waals surface area contributed by atoms with Gasteiger partial charge in [0.25, 0.3) is 0 Å². The Balaban J connectivity index is 1.52. The molecule has 2 N–H and O–H groups in total. The van der Waals surface area contributed by atoms with Crippen LogP contribution in [0.3, 0.4) is 0 Å². The van der Waals surface area contributed by atoms with Crippen molar-refractivity contribution >= 4 is 6.03 Å². The van der Waals surface area contributed by atoms with Crippen molar-refractivity contribution in [2.24, 2.45) is 5.41 Å². The van der Waals surface area contributed by atoms with E-state index in [9.17, 15) is 4.79 Å². The third-order valence-corrected chi connectivity index (χ3v) is 5.42. The lowest BCUT2D eigenvalue weighted by Crippen LogP contribution is -2.50. The molecule has 3 rings (SSSR count). The summed E-state index contributed by atoms with van der Waals surface area (Å²) >= 11 is 0. The normalized spacial score (nSPS) is 22.9. The van der Waals surface area contributed by atoms with Gasteiger partial charge >= 0.3 is 6.03 Å². The van der Waals surface area contributed by atoms with E-state index < -0.39 is 0 Å². The SMILES string of the molecule is CCc1ccnc(CNC(=O)NC2CCCC23CCOCC3)c1. The molecule has 5 nitrogen and oxygen atoms in total. The van der Waals surface area contributed by atoms with Crippen molar-refractivity contribution in [2.45, 2.75) is 58.0 Å². The number of carbonyl (C=O) groups excluding carboxylic acids is 1. The van der Waals surface area contributed by atoms with Crippen LogP contribution < -0.4 is 10.6 Å². The number of urea groups is 1. The van der Waals surface area contributed by atoms with E-state index in [0.717, 1.165) is 44.6 Å². The van der Waals surface area contributed by atoms with Crippen LogP contribution in [0.2, 0.25) is 0 Å². The second-order valence-corrected chi connectivity index (χ2v) is 6.76. The summed E-state index contributed by atoms with van der Waals surface area (Å²) in [5.41, 5.74) is 2.41. The van der Waals surface area contributed by atoms with E-state index in [1.165, 1.54) is 18.4 Å². The van der Waals surface area contributed by atoms with Gasteiger partial charge < -0.3 is 15.4 Å². The van der Waals surface area contributed by atoms with Gasteiger partial charge in [-0.3, -0.25) is 4.98 Å². The fourth-order valence-corrected chi connectivity index (χ4v) is 3.97. The minimum absolute atomic E-state index is 0.0773. The first kappa shape index (κ1) is 16.2.